The number of aromatic nitrogens is 2. The van der Waals surface area contributed by atoms with E-state index in [0.29, 0.717) is 12.5 Å². The molecule has 5 nitrogen and oxygen atoms in total. The first kappa shape index (κ1) is 9.26. The normalized spacial score (nSPS) is 14.1. The zero-order chi connectivity index (χ0) is 9.97. The summed E-state index contributed by atoms with van der Waals surface area (Å²) in [7, 11) is 1.31. The predicted molar refractivity (Wildman–Crippen MR) is 49.6 cm³/mol. The number of ether oxygens (including phenoxy) is 2. The molecule has 0 N–H and O–H groups in total. The lowest BCUT2D eigenvalue weighted by molar-refractivity contribution is 0.0592. The fraction of sp³-hybridized carbons (Fsp3) is 0.375. The van der Waals surface area contributed by atoms with Gasteiger partial charge in [0, 0.05) is 5.75 Å². The molecule has 0 aromatic carbocycles. The molecule has 2 heterocycles. The molecule has 74 valence electrons. The van der Waals surface area contributed by atoms with Gasteiger partial charge in [-0.15, -0.1) is 22.0 Å². The Hall–Kier alpha value is -1.30. The Balaban J connectivity index is 2.33. The largest absolute Gasteiger partial charge is 0.475 e. The number of carbonyl (C=O) groups is 1. The van der Waals surface area contributed by atoms with Crippen LogP contribution in [-0.4, -0.2) is 35.6 Å². The van der Waals surface area contributed by atoms with Crippen LogP contribution in [0.15, 0.2) is 11.0 Å². The number of fused-ring (bicyclic) bond motifs is 1. The highest BCUT2D eigenvalue weighted by atomic mass is 32.2. The number of nitrogens with zero attached hydrogens (tertiary/aromatic N) is 2. The van der Waals surface area contributed by atoms with Crippen molar-refractivity contribution >= 4 is 17.7 Å². The highest BCUT2D eigenvalue weighted by molar-refractivity contribution is 7.99. The summed E-state index contributed by atoms with van der Waals surface area (Å²) >= 11 is 1.60. The molecular formula is C8H8N2O3S. The number of hydrogen-bond acceptors (Lipinski definition) is 6. The van der Waals surface area contributed by atoms with Gasteiger partial charge in [-0.2, -0.15) is 0 Å². The molecule has 0 atom stereocenters. The van der Waals surface area contributed by atoms with Crippen LogP contribution in [0.4, 0.5) is 0 Å². The Morgan fingerprint density at radius 1 is 1.64 bits per heavy atom. The van der Waals surface area contributed by atoms with E-state index in [1.807, 2.05) is 0 Å². The number of thioether (sulfide) groups is 1. The lowest BCUT2D eigenvalue weighted by Gasteiger charge is -2.14. The Kier molecular flexibility index (Phi) is 2.53. The maximum Gasteiger partial charge on any atom is 0.358 e. The van der Waals surface area contributed by atoms with Crippen molar-refractivity contribution in [2.45, 2.75) is 4.90 Å². The summed E-state index contributed by atoms with van der Waals surface area (Å²) in [6.45, 7) is 0.629. The second-order valence-electron chi connectivity index (χ2n) is 2.59. The van der Waals surface area contributed by atoms with Crippen LogP contribution < -0.4 is 4.74 Å². The zero-order valence-corrected chi connectivity index (χ0v) is 8.34. The lowest BCUT2D eigenvalue weighted by Crippen LogP contribution is -2.12. The zero-order valence-electron chi connectivity index (χ0n) is 7.52. The molecule has 1 aromatic heterocycles. The molecule has 0 fully saturated rings. The van der Waals surface area contributed by atoms with E-state index in [1.54, 1.807) is 17.8 Å². The third kappa shape index (κ3) is 1.65. The van der Waals surface area contributed by atoms with Crippen LogP contribution in [0, 0.1) is 0 Å². The van der Waals surface area contributed by atoms with Gasteiger partial charge < -0.3 is 9.47 Å². The van der Waals surface area contributed by atoms with Gasteiger partial charge in [-0.05, 0) is 6.07 Å². The Morgan fingerprint density at radius 3 is 3.29 bits per heavy atom. The van der Waals surface area contributed by atoms with Crippen molar-refractivity contribution in [1.82, 2.24) is 10.2 Å². The van der Waals surface area contributed by atoms with Crippen molar-refractivity contribution in [3.63, 3.8) is 0 Å². The molecule has 0 aliphatic carbocycles. The highest BCUT2D eigenvalue weighted by Gasteiger charge is 2.17. The second kappa shape index (κ2) is 3.83. The molecule has 0 bridgehead atoms. The molecule has 14 heavy (non-hydrogen) atoms. The van der Waals surface area contributed by atoms with E-state index in [1.165, 1.54) is 7.11 Å². The van der Waals surface area contributed by atoms with E-state index in [2.05, 4.69) is 14.9 Å². The Bertz CT molecular complexity index is 370. The first-order valence-electron chi connectivity index (χ1n) is 4.03. The summed E-state index contributed by atoms with van der Waals surface area (Å²) in [5.74, 6) is 0.875. The molecule has 0 unspecified atom stereocenters. The maximum atomic E-state index is 11.1. The molecule has 1 aliphatic heterocycles. The number of hydrogen-bond donors (Lipinski definition) is 0. The molecule has 1 aromatic rings. The highest BCUT2D eigenvalue weighted by Crippen LogP contribution is 2.30. The van der Waals surface area contributed by atoms with Gasteiger partial charge in [-0.3, -0.25) is 0 Å². The van der Waals surface area contributed by atoms with Crippen LogP contribution in [0.25, 0.3) is 0 Å². The minimum Gasteiger partial charge on any atom is -0.475 e. The number of carbonyl (C=O) groups excluding carboxylic acids is 1. The van der Waals surface area contributed by atoms with Gasteiger partial charge in [-0.25, -0.2) is 4.79 Å². The van der Waals surface area contributed by atoms with Crippen molar-refractivity contribution in [3.8, 4) is 5.88 Å². The third-order valence-corrected chi connectivity index (χ3v) is 2.68. The van der Waals surface area contributed by atoms with Crippen molar-refractivity contribution < 1.29 is 14.3 Å². The van der Waals surface area contributed by atoms with E-state index in [9.17, 15) is 4.79 Å². The molecule has 2 rings (SSSR count). The average Bonchev–Trinajstić information content (AvgIpc) is 2.27. The quantitative estimate of drug-likeness (QED) is 0.640. The van der Waals surface area contributed by atoms with E-state index < -0.39 is 5.97 Å². The van der Waals surface area contributed by atoms with Crippen LogP contribution >= 0.6 is 11.8 Å². The summed E-state index contributed by atoms with van der Waals surface area (Å²) in [6, 6.07) is 1.64. The standard InChI is InChI=1S/C8H8N2O3S/c1-12-8(11)5-4-6-7(10-9-5)13-2-3-14-6/h4H,2-3H2,1H3. The van der Waals surface area contributed by atoms with Gasteiger partial charge in [0.25, 0.3) is 0 Å². The number of methoxy groups -OCH3 is 1. The van der Waals surface area contributed by atoms with Gasteiger partial charge in [0.2, 0.25) is 5.88 Å². The van der Waals surface area contributed by atoms with Gasteiger partial charge in [-0.1, -0.05) is 0 Å². The smallest absolute Gasteiger partial charge is 0.358 e. The lowest BCUT2D eigenvalue weighted by atomic mass is 10.4. The van der Waals surface area contributed by atoms with Gasteiger partial charge in [0.15, 0.2) is 5.69 Å². The molecule has 0 amide bonds. The first-order chi connectivity index (χ1) is 6.81. The predicted octanol–water partition coefficient (Wildman–Crippen LogP) is 0.748. The average molecular weight is 212 g/mol. The summed E-state index contributed by atoms with van der Waals surface area (Å²) < 4.78 is 9.78. The first-order valence-corrected chi connectivity index (χ1v) is 5.01. The topological polar surface area (TPSA) is 61.3 Å². The van der Waals surface area contributed by atoms with Gasteiger partial charge >= 0.3 is 5.97 Å². The summed E-state index contributed by atoms with van der Waals surface area (Å²) in [6.07, 6.45) is 0. The van der Waals surface area contributed by atoms with E-state index in [0.717, 1.165) is 10.6 Å². The van der Waals surface area contributed by atoms with Crippen molar-refractivity contribution in [2.75, 3.05) is 19.5 Å². The minimum absolute atomic E-state index is 0.212. The molecule has 0 saturated heterocycles. The summed E-state index contributed by atoms with van der Waals surface area (Å²) in [5.41, 5.74) is 0.212. The number of rotatable bonds is 1. The SMILES string of the molecule is COC(=O)c1cc2c(nn1)OCCS2. The Labute approximate surface area is 84.8 Å². The fourth-order valence-electron chi connectivity index (χ4n) is 1.06. The van der Waals surface area contributed by atoms with Crippen LogP contribution in [0.2, 0.25) is 0 Å². The maximum absolute atomic E-state index is 11.1. The van der Waals surface area contributed by atoms with Crippen molar-refractivity contribution in [2.24, 2.45) is 0 Å². The molecule has 0 radical (unpaired) electrons. The van der Waals surface area contributed by atoms with Crippen LogP contribution in [0.3, 0.4) is 0 Å². The van der Waals surface area contributed by atoms with Crippen molar-refractivity contribution in [1.29, 1.82) is 0 Å². The number of esters is 1. The van der Waals surface area contributed by atoms with E-state index in [4.69, 9.17) is 4.74 Å². The van der Waals surface area contributed by atoms with Crippen LogP contribution in [-0.2, 0) is 4.74 Å². The molecule has 0 spiro atoms. The van der Waals surface area contributed by atoms with E-state index in [-0.39, 0.29) is 5.69 Å². The Morgan fingerprint density at radius 2 is 2.50 bits per heavy atom. The monoisotopic (exact) mass is 212 g/mol. The van der Waals surface area contributed by atoms with Crippen molar-refractivity contribution in [3.05, 3.63) is 11.8 Å². The summed E-state index contributed by atoms with van der Waals surface area (Å²) in [5, 5.41) is 7.49. The third-order valence-electron chi connectivity index (χ3n) is 1.70. The van der Waals surface area contributed by atoms with Crippen LogP contribution in [0.5, 0.6) is 5.88 Å². The molecule has 0 saturated carbocycles. The second-order valence-corrected chi connectivity index (χ2v) is 3.72. The van der Waals surface area contributed by atoms with Crippen LogP contribution in [0.1, 0.15) is 10.5 Å². The minimum atomic E-state index is -0.480. The molecule has 6 heteroatoms. The van der Waals surface area contributed by atoms with Gasteiger partial charge in [0.05, 0.1) is 18.6 Å². The molecular weight excluding hydrogens is 204 g/mol. The summed E-state index contributed by atoms with van der Waals surface area (Å²) in [4.78, 5) is 12.0. The van der Waals surface area contributed by atoms with E-state index >= 15 is 0 Å². The fourth-order valence-corrected chi connectivity index (χ4v) is 1.87. The molecule has 1 aliphatic rings. The van der Waals surface area contributed by atoms with Gasteiger partial charge in [0.1, 0.15) is 0 Å².